The molecule has 0 radical (unpaired) electrons. The van der Waals surface area contributed by atoms with E-state index >= 15 is 0 Å². The molecule has 0 fully saturated rings. The summed E-state index contributed by atoms with van der Waals surface area (Å²) in [4.78, 5) is 14.9. The summed E-state index contributed by atoms with van der Waals surface area (Å²) in [6, 6.07) is 23.7. The first-order valence-corrected chi connectivity index (χ1v) is 9.10. The lowest BCUT2D eigenvalue weighted by atomic mass is 10.1. The molecule has 0 spiro atoms. The zero-order chi connectivity index (χ0) is 18.6. The number of hydrogen-bond acceptors (Lipinski definition) is 3. The van der Waals surface area contributed by atoms with E-state index in [0.29, 0.717) is 11.3 Å². The number of carbonyl (C=O) groups is 1. The van der Waals surface area contributed by atoms with Crippen LogP contribution in [0.2, 0.25) is 0 Å². The number of fused-ring (bicyclic) bond motifs is 1. The van der Waals surface area contributed by atoms with E-state index in [4.69, 9.17) is 4.74 Å². The third-order valence-electron chi connectivity index (χ3n) is 4.90. The fourth-order valence-corrected chi connectivity index (χ4v) is 3.46. The normalized spacial score (nSPS) is 12.6. The highest BCUT2D eigenvalue weighted by Gasteiger charge is 2.18. The van der Waals surface area contributed by atoms with E-state index in [0.717, 1.165) is 25.2 Å². The lowest BCUT2D eigenvalue weighted by molar-refractivity contribution is 0.102. The van der Waals surface area contributed by atoms with E-state index in [1.807, 2.05) is 42.5 Å². The molecule has 1 amide bonds. The van der Waals surface area contributed by atoms with E-state index in [9.17, 15) is 4.79 Å². The second-order valence-corrected chi connectivity index (χ2v) is 6.68. The number of rotatable bonds is 5. The molecule has 0 aliphatic carbocycles. The van der Waals surface area contributed by atoms with Crippen molar-refractivity contribution in [2.24, 2.45) is 0 Å². The SMILES string of the molecule is COc1cccc(NC(=O)c2ccc(CN3CCc4ccccc43)cc2)c1. The minimum absolute atomic E-state index is 0.124. The predicted molar refractivity (Wildman–Crippen MR) is 109 cm³/mol. The molecule has 1 heterocycles. The van der Waals surface area contributed by atoms with Crippen molar-refractivity contribution >= 4 is 17.3 Å². The summed E-state index contributed by atoms with van der Waals surface area (Å²) < 4.78 is 5.19. The maximum Gasteiger partial charge on any atom is 0.255 e. The van der Waals surface area contributed by atoms with Gasteiger partial charge in [0.05, 0.1) is 7.11 Å². The van der Waals surface area contributed by atoms with Gasteiger partial charge < -0.3 is 15.0 Å². The molecular formula is C23H22N2O2. The third kappa shape index (κ3) is 3.80. The molecule has 4 rings (SSSR count). The van der Waals surface area contributed by atoms with Gasteiger partial charge in [-0.1, -0.05) is 36.4 Å². The highest BCUT2D eigenvalue weighted by atomic mass is 16.5. The minimum atomic E-state index is -0.124. The zero-order valence-electron chi connectivity index (χ0n) is 15.3. The lowest BCUT2D eigenvalue weighted by Gasteiger charge is -2.19. The van der Waals surface area contributed by atoms with Gasteiger partial charge >= 0.3 is 0 Å². The van der Waals surface area contributed by atoms with Crippen LogP contribution in [0.5, 0.6) is 5.75 Å². The molecule has 4 heteroatoms. The first kappa shape index (κ1) is 17.2. The monoisotopic (exact) mass is 358 g/mol. The molecule has 0 aromatic heterocycles. The molecular weight excluding hydrogens is 336 g/mol. The highest BCUT2D eigenvalue weighted by molar-refractivity contribution is 6.04. The van der Waals surface area contributed by atoms with Crippen LogP contribution in [0.1, 0.15) is 21.5 Å². The van der Waals surface area contributed by atoms with Crippen molar-refractivity contribution in [3.63, 3.8) is 0 Å². The summed E-state index contributed by atoms with van der Waals surface area (Å²) in [7, 11) is 1.61. The van der Waals surface area contributed by atoms with Gasteiger partial charge in [-0.25, -0.2) is 0 Å². The number of benzene rings is 3. The first-order chi connectivity index (χ1) is 13.2. The number of carbonyl (C=O) groups excluding carboxylic acids is 1. The van der Waals surface area contributed by atoms with Crippen LogP contribution in [0.15, 0.2) is 72.8 Å². The van der Waals surface area contributed by atoms with Crippen LogP contribution in [-0.2, 0) is 13.0 Å². The summed E-state index contributed by atoms with van der Waals surface area (Å²) in [6.45, 7) is 1.90. The topological polar surface area (TPSA) is 41.6 Å². The van der Waals surface area contributed by atoms with Crippen LogP contribution < -0.4 is 15.0 Å². The Morgan fingerprint density at radius 1 is 1.04 bits per heavy atom. The van der Waals surface area contributed by atoms with Crippen LogP contribution in [0.25, 0.3) is 0 Å². The van der Waals surface area contributed by atoms with Crippen molar-refractivity contribution in [1.82, 2.24) is 0 Å². The molecule has 3 aromatic carbocycles. The number of hydrogen-bond donors (Lipinski definition) is 1. The fourth-order valence-electron chi connectivity index (χ4n) is 3.46. The Balaban J connectivity index is 1.42. The quantitative estimate of drug-likeness (QED) is 0.730. The highest BCUT2D eigenvalue weighted by Crippen LogP contribution is 2.28. The molecule has 4 nitrogen and oxygen atoms in total. The van der Waals surface area contributed by atoms with Gasteiger partial charge in [0, 0.05) is 36.1 Å². The van der Waals surface area contributed by atoms with Crippen molar-refractivity contribution in [3.8, 4) is 5.75 Å². The van der Waals surface area contributed by atoms with Gasteiger partial charge in [0.1, 0.15) is 5.75 Å². The van der Waals surface area contributed by atoms with Gasteiger partial charge in [0.25, 0.3) is 5.91 Å². The smallest absolute Gasteiger partial charge is 0.255 e. The lowest BCUT2D eigenvalue weighted by Crippen LogP contribution is -2.19. The van der Waals surface area contributed by atoms with Gasteiger partial charge in [-0.2, -0.15) is 0 Å². The summed E-state index contributed by atoms with van der Waals surface area (Å²) in [5.74, 6) is 0.593. The molecule has 1 aliphatic rings. The molecule has 0 unspecified atom stereocenters. The van der Waals surface area contributed by atoms with E-state index in [1.54, 1.807) is 13.2 Å². The zero-order valence-corrected chi connectivity index (χ0v) is 15.3. The van der Waals surface area contributed by atoms with Crippen molar-refractivity contribution in [3.05, 3.63) is 89.5 Å². The van der Waals surface area contributed by atoms with Gasteiger partial charge in [0.15, 0.2) is 0 Å². The molecule has 1 N–H and O–H groups in total. The molecule has 0 saturated carbocycles. The number of nitrogens with one attached hydrogen (secondary N) is 1. The second-order valence-electron chi connectivity index (χ2n) is 6.68. The van der Waals surface area contributed by atoms with Gasteiger partial charge in [0.2, 0.25) is 0 Å². The number of nitrogens with zero attached hydrogens (tertiary/aromatic N) is 1. The molecule has 0 saturated heterocycles. The number of para-hydroxylation sites is 1. The van der Waals surface area contributed by atoms with Crippen LogP contribution in [0.4, 0.5) is 11.4 Å². The number of ether oxygens (including phenoxy) is 1. The average molecular weight is 358 g/mol. The van der Waals surface area contributed by atoms with E-state index in [1.165, 1.54) is 16.8 Å². The standard InChI is InChI=1S/C23H22N2O2/c1-27-21-7-4-6-20(15-21)24-23(26)19-11-9-17(10-12-19)16-25-14-13-18-5-2-3-8-22(18)25/h2-12,15H,13-14,16H2,1H3,(H,24,26). The van der Waals surface area contributed by atoms with E-state index < -0.39 is 0 Å². The Morgan fingerprint density at radius 3 is 2.67 bits per heavy atom. The number of anilines is 2. The Bertz CT molecular complexity index is 951. The number of methoxy groups -OCH3 is 1. The van der Waals surface area contributed by atoms with Crippen LogP contribution in [0.3, 0.4) is 0 Å². The van der Waals surface area contributed by atoms with Crippen molar-refractivity contribution in [2.75, 3.05) is 23.9 Å². The van der Waals surface area contributed by atoms with Gasteiger partial charge in [-0.05, 0) is 47.9 Å². The fraction of sp³-hybridized carbons (Fsp3) is 0.174. The maximum atomic E-state index is 12.5. The first-order valence-electron chi connectivity index (χ1n) is 9.10. The minimum Gasteiger partial charge on any atom is -0.497 e. The van der Waals surface area contributed by atoms with Gasteiger partial charge in [-0.3, -0.25) is 4.79 Å². The van der Waals surface area contributed by atoms with E-state index in [2.05, 4.69) is 34.5 Å². The maximum absolute atomic E-state index is 12.5. The Morgan fingerprint density at radius 2 is 1.85 bits per heavy atom. The van der Waals surface area contributed by atoms with Crippen LogP contribution in [0, 0.1) is 0 Å². The number of amides is 1. The van der Waals surface area contributed by atoms with Crippen molar-refractivity contribution < 1.29 is 9.53 Å². The Labute approximate surface area is 159 Å². The predicted octanol–water partition coefficient (Wildman–Crippen LogP) is 4.51. The molecule has 136 valence electrons. The molecule has 0 atom stereocenters. The molecule has 1 aliphatic heterocycles. The van der Waals surface area contributed by atoms with Crippen molar-refractivity contribution in [2.45, 2.75) is 13.0 Å². The summed E-state index contributed by atoms with van der Waals surface area (Å²) in [5, 5.41) is 2.91. The van der Waals surface area contributed by atoms with E-state index in [-0.39, 0.29) is 5.91 Å². The van der Waals surface area contributed by atoms with Crippen LogP contribution >= 0.6 is 0 Å². The third-order valence-corrected chi connectivity index (χ3v) is 4.90. The Hall–Kier alpha value is -3.27. The molecule has 0 bridgehead atoms. The second kappa shape index (κ2) is 7.54. The average Bonchev–Trinajstić information content (AvgIpc) is 3.11. The summed E-state index contributed by atoms with van der Waals surface area (Å²) in [6.07, 6.45) is 1.09. The largest absolute Gasteiger partial charge is 0.497 e. The molecule has 27 heavy (non-hydrogen) atoms. The summed E-state index contributed by atoms with van der Waals surface area (Å²) >= 11 is 0. The summed E-state index contributed by atoms with van der Waals surface area (Å²) in [5.41, 5.74) is 5.29. The van der Waals surface area contributed by atoms with Gasteiger partial charge in [-0.15, -0.1) is 0 Å². The van der Waals surface area contributed by atoms with Crippen molar-refractivity contribution in [1.29, 1.82) is 0 Å². The Kier molecular flexibility index (Phi) is 4.79. The molecule has 3 aromatic rings. The van der Waals surface area contributed by atoms with Crippen LogP contribution in [-0.4, -0.2) is 19.6 Å².